The average Bonchev–Trinajstić information content (AvgIpc) is 2.43. The van der Waals surface area contributed by atoms with Crippen LogP contribution in [0.3, 0.4) is 0 Å². The maximum Gasteiger partial charge on any atom is 0.0704 e. The smallest absolute Gasteiger partial charge is 0.0704 e. The number of ether oxygens (including phenoxy) is 1. The van der Waals surface area contributed by atoms with Crippen molar-refractivity contribution in [1.29, 1.82) is 0 Å². The minimum absolute atomic E-state index is 0.0935. The first-order valence-corrected chi connectivity index (χ1v) is 8.26. The molecule has 1 unspecified atom stereocenters. The van der Waals surface area contributed by atoms with Gasteiger partial charge < -0.3 is 9.84 Å². The van der Waals surface area contributed by atoms with Crippen LogP contribution in [0.5, 0.6) is 0 Å². The van der Waals surface area contributed by atoms with Gasteiger partial charge in [-0.2, -0.15) is 0 Å². The molecule has 0 saturated heterocycles. The van der Waals surface area contributed by atoms with Crippen LogP contribution in [0.4, 0.5) is 0 Å². The van der Waals surface area contributed by atoms with Gasteiger partial charge in [0.05, 0.1) is 18.8 Å². The van der Waals surface area contributed by atoms with Crippen molar-refractivity contribution in [3.8, 4) is 0 Å². The molecule has 0 aliphatic carbocycles. The van der Waals surface area contributed by atoms with E-state index in [4.69, 9.17) is 9.84 Å². The Balaban J connectivity index is 2.67. The van der Waals surface area contributed by atoms with Gasteiger partial charge >= 0.3 is 0 Å². The normalized spacial score (nSPS) is 13.4. The fraction of sp³-hybridized carbons (Fsp3) is 0.684. The van der Waals surface area contributed by atoms with Crippen molar-refractivity contribution in [2.24, 2.45) is 5.92 Å². The summed E-state index contributed by atoms with van der Waals surface area (Å²) in [5, 5.41) is 8.89. The number of benzene rings is 1. The third-order valence-corrected chi connectivity index (χ3v) is 3.94. The van der Waals surface area contributed by atoms with Crippen molar-refractivity contribution in [3.05, 3.63) is 34.9 Å². The number of aryl methyl sites for hydroxylation is 2. The van der Waals surface area contributed by atoms with Gasteiger partial charge in [-0.05, 0) is 62.1 Å². The fourth-order valence-electron chi connectivity index (χ4n) is 3.06. The summed E-state index contributed by atoms with van der Waals surface area (Å²) in [6.45, 7) is 11.5. The van der Waals surface area contributed by atoms with Gasteiger partial charge in [-0.3, -0.25) is 0 Å². The molecule has 0 aliphatic rings. The molecule has 1 atom stereocenters. The van der Waals surface area contributed by atoms with Crippen LogP contribution in [0.1, 0.15) is 57.7 Å². The Morgan fingerprint density at radius 3 is 2.05 bits per heavy atom. The van der Waals surface area contributed by atoms with Crippen LogP contribution < -0.4 is 0 Å². The predicted octanol–water partition coefficient (Wildman–Crippen LogP) is 4.17. The fourth-order valence-corrected chi connectivity index (χ4v) is 3.06. The molecule has 1 aromatic rings. The lowest BCUT2D eigenvalue weighted by molar-refractivity contribution is -0.0460. The first kappa shape index (κ1) is 18.2. The second-order valence-electron chi connectivity index (χ2n) is 6.71. The molecule has 0 aliphatic heterocycles. The quantitative estimate of drug-likeness (QED) is 0.740. The third kappa shape index (κ3) is 6.62. The highest BCUT2D eigenvalue weighted by atomic mass is 16.5. The van der Waals surface area contributed by atoms with E-state index < -0.39 is 0 Å². The Bertz CT molecular complexity index is 401. The maximum absolute atomic E-state index is 8.89. The Morgan fingerprint density at radius 2 is 1.57 bits per heavy atom. The summed E-state index contributed by atoms with van der Waals surface area (Å²) in [6.07, 6.45) is 4.29. The number of rotatable bonds is 9. The zero-order valence-electron chi connectivity index (χ0n) is 14.4. The summed E-state index contributed by atoms with van der Waals surface area (Å²) < 4.78 is 5.73. The van der Waals surface area contributed by atoms with Crippen molar-refractivity contribution in [2.45, 2.75) is 65.9 Å². The maximum atomic E-state index is 8.89. The molecular formula is C19H32O2. The molecule has 0 amide bonds. The largest absolute Gasteiger partial charge is 0.394 e. The predicted molar refractivity (Wildman–Crippen MR) is 89.8 cm³/mol. The number of aliphatic hydroxyl groups excluding tert-OH is 1. The van der Waals surface area contributed by atoms with Gasteiger partial charge in [0, 0.05) is 0 Å². The lowest BCUT2D eigenvalue weighted by atomic mass is 9.88. The average molecular weight is 292 g/mol. The lowest BCUT2D eigenvalue weighted by Crippen LogP contribution is -2.29. The van der Waals surface area contributed by atoms with Gasteiger partial charge in [-0.15, -0.1) is 0 Å². The Kier molecular flexibility index (Phi) is 7.41. The van der Waals surface area contributed by atoms with Crippen molar-refractivity contribution < 1.29 is 9.84 Å². The van der Waals surface area contributed by atoms with Gasteiger partial charge in [-0.1, -0.05) is 39.0 Å². The van der Waals surface area contributed by atoms with E-state index >= 15 is 0 Å². The number of hydrogen-bond donors (Lipinski definition) is 1. The first-order chi connectivity index (χ1) is 9.90. The van der Waals surface area contributed by atoms with E-state index in [2.05, 4.69) is 52.8 Å². The van der Waals surface area contributed by atoms with E-state index in [-0.39, 0.29) is 12.2 Å². The summed E-state index contributed by atoms with van der Waals surface area (Å²) in [6, 6.07) is 7.01. The van der Waals surface area contributed by atoms with Crippen LogP contribution in [0, 0.1) is 5.92 Å². The zero-order valence-corrected chi connectivity index (χ0v) is 14.4. The van der Waals surface area contributed by atoms with E-state index in [0.29, 0.717) is 12.5 Å². The van der Waals surface area contributed by atoms with Crippen LogP contribution in [0.2, 0.25) is 0 Å². The molecule has 2 heteroatoms. The van der Waals surface area contributed by atoms with Gasteiger partial charge in [0.1, 0.15) is 0 Å². The van der Waals surface area contributed by atoms with Gasteiger partial charge in [0.15, 0.2) is 0 Å². The van der Waals surface area contributed by atoms with Gasteiger partial charge in [0.25, 0.3) is 0 Å². The Labute approximate surface area is 130 Å². The van der Waals surface area contributed by atoms with Crippen LogP contribution in [0.15, 0.2) is 18.2 Å². The Hall–Kier alpha value is -0.860. The van der Waals surface area contributed by atoms with E-state index in [9.17, 15) is 0 Å². The molecule has 0 aromatic heterocycles. The first-order valence-electron chi connectivity index (χ1n) is 8.26. The molecule has 1 N–H and O–H groups in total. The monoisotopic (exact) mass is 292 g/mol. The molecule has 0 radical (unpaired) electrons. The van der Waals surface area contributed by atoms with Crippen LogP contribution >= 0.6 is 0 Å². The zero-order chi connectivity index (χ0) is 15.9. The summed E-state index contributed by atoms with van der Waals surface area (Å²) in [7, 11) is 0. The SMILES string of the molecule is CCc1cc(CC)cc(CC(C)CC(C)(C)OCCO)c1. The minimum atomic E-state index is -0.169. The molecule has 0 saturated carbocycles. The molecule has 1 aromatic carbocycles. The summed E-state index contributed by atoms with van der Waals surface area (Å²) in [5.74, 6) is 0.565. The van der Waals surface area contributed by atoms with Crippen molar-refractivity contribution >= 4 is 0 Å². The highest BCUT2D eigenvalue weighted by Crippen LogP contribution is 2.24. The second-order valence-corrected chi connectivity index (χ2v) is 6.71. The highest BCUT2D eigenvalue weighted by molar-refractivity contribution is 5.30. The molecule has 0 spiro atoms. The summed E-state index contributed by atoms with van der Waals surface area (Å²) in [4.78, 5) is 0. The molecule has 0 heterocycles. The van der Waals surface area contributed by atoms with Gasteiger partial charge in [0.2, 0.25) is 0 Å². The van der Waals surface area contributed by atoms with Crippen LogP contribution in [-0.2, 0) is 24.0 Å². The van der Waals surface area contributed by atoms with Crippen LogP contribution in [-0.4, -0.2) is 23.9 Å². The van der Waals surface area contributed by atoms with Crippen molar-refractivity contribution in [2.75, 3.05) is 13.2 Å². The Morgan fingerprint density at radius 1 is 1.05 bits per heavy atom. The highest BCUT2D eigenvalue weighted by Gasteiger charge is 2.21. The molecule has 120 valence electrons. The molecule has 1 rings (SSSR count). The molecule has 2 nitrogen and oxygen atoms in total. The standard InChI is InChI=1S/C19H32O2/c1-6-16-11-17(7-2)13-18(12-16)10-15(3)14-19(4,5)21-9-8-20/h11-13,15,20H,6-10,14H2,1-5H3. The van der Waals surface area contributed by atoms with Crippen molar-refractivity contribution in [1.82, 2.24) is 0 Å². The third-order valence-electron chi connectivity index (χ3n) is 3.94. The minimum Gasteiger partial charge on any atom is -0.394 e. The van der Waals surface area contributed by atoms with E-state index in [1.165, 1.54) is 16.7 Å². The van der Waals surface area contributed by atoms with E-state index in [0.717, 1.165) is 25.7 Å². The van der Waals surface area contributed by atoms with E-state index in [1.54, 1.807) is 0 Å². The van der Waals surface area contributed by atoms with Crippen LogP contribution in [0.25, 0.3) is 0 Å². The van der Waals surface area contributed by atoms with E-state index in [1.807, 2.05) is 0 Å². The second kappa shape index (κ2) is 8.55. The number of hydrogen-bond acceptors (Lipinski definition) is 2. The van der Waals surface area contributed by atoms with Gasteiger partial charge in [-0.25, -0.2) is 0 Å². The van der Waals surface area contributed by atoms with Crippen molar-refractivity contribution in [3.63, 3.8) is 0 Å². The summed E-state index contributed by atoms with van der Waals surface area (Å²) >= 11 is 0. The molecule has 21 heavy (non-hydrogen) atoms. The lowest BCUT2D eigenvalue weighted by Gasteiger charge is -2.28. The number of aliphatic hydroxyl groups is 1. The molecular weight excluding hydrogens is 260 g/mol. The summed E-state index contributed by atoms with van der Waals surface area (Å²) in [5.41, 5.74) is 4.15. The molecule has 0 fully saturated rings. The topological polar surface area (TPSA) is 29.5 Å². The molecule has 0 bridgehead atoms.